The molecule has 4 aromatic carbocycles. The number of phenols is 1. The molecule has 0 atom stereocenters. The fourth-order valence-electron chi connectivity index (χ4n) is 3.32. The molecule has 0 saturated heterocycles. The molecule has 4 rings (SSSR count). The van der Waals surface area contributed by atoms with Crippen molar-refractivity contribution in [1.82, 2.24) is 0 Å². The summed E-state index contributed by atoms with van der Waals surface area (Å²) in [4.78, 5) is 0.0609. The predicted octanol–water partition coefficient (Wildman–Crippen LogP) is 6.47. The fourth-order valence-corrected chi connectivity index (χ4v) is 4.84. The summed E-state index contributed by atoms with van der Waals surface area (Å²) in [5.41, 5.74) is 2.50. The zero-order valence-corrected chi connectivity index (χ0v) is 20.4. The normalized spacial score (nSPS) is 10.9. The van der Waals surface area contributed by atoms with E-state index in [0.29, 0.717) is 16.8 Å². The first-order valence-electron chi connectivity index (χ1n) is 10.2. The molecule has 1 N–H and O–H groups in total. The van der Waals surface area contributed by atoms with Gasteiger partial charge in [-0.05, 0) is 67.4 Å². The van der Waals surface area contributed by atoms with Gasteiger partial charge in [0.25, 0.3) is 10.0 Å². The number of nitrogens with zero attached hydrogens (tertiary/aromatic N) is 1. The van der Waals surface area contributed by atoms with E-state index >= 15 is 0 Å². The third-order valence-electron chi connectivity index (χ3n) is 5.09. The average molecular weight is 536 g/mol. The lowest BCUT2D eigenvalue weighted by Crippen LogP contribution is -2.26. The number of sulfonamides is 1. The molecule has 0 aromatic heterocycles. The number of aromatic hydroxyl groups is 1. The van der Waals surface area contributed by atoms with Crippen molar-refractivity contribution < 1.29 is 17.9 Å². The summed E-state index contributed by atoms with van der Waals surface area (Å²) in [6.45, 7) is 1.90. The second kappa shape index (κ2) is 9.72. The van der Waals surface area contributed by atoms with Gasteiger partial charge in [0.15, 0.2) is 0 Å². The van der Waals surface area contributed by atoms with Crippen molar-refractivity contribution in [2.75, 3.05) is 4.31 Å². The third-order valence-corrected chi connectivity index (χ3v) is 7.27. The molecule has 0 heterocycles. The SMILES string of the molecule is Cc1ccc(N(C#Cc2cc(F)ccc2-c2ccccc2O)S(=O)(=O)c2ccc(Br)cc2)cc1. The Labute approximate surface area is 206 Å². The molecule has 0 fully saturated rings. The summed E-state index contributed by atoms with van der Waals surface area (Å²) in [6.07, 6.45) is 0. The van der Waals surface area contributed by atoms with Crippen LogP contribution in [0.2, 0.25) is 0 Å². The summed E-state index contributed by atoms with van der Waals surface area (Å²) in [5, 5.41) is 10.3. The Bertz CT molecular complexity index is 1510. The average Bonchev–Trinajstić information content (AvgIpc) is 2.81. The molecule has 0 saturated carbocycles. The van der Waals surface area contributed by atoms with Gasteiger partial charge in [-0.1, -0.05) is 57.9 Å². The van der Waals surface area contributed by atoms with Crippen LogP contribution in [-0.4, -0.2) is 13.5 Å². The van der Waals surface area contributed by atoms with Crippen molar-refractivity contribution in [2.45, 2.75) is 11.8 Å². The molecule has 0 spiro atoms. The number of rotatable bonds is 4. The van der Waals surface area contributed by atoms with E-state index in [9.17, 15) is 17.9 Å². The Hall–Kier alpha value is -3.60. The lowest BCUT2D eigenvalue weighted by atomic mass is 9.99. The fraction of sp³-hybridized carbons (Fsp3) is 0.0370. The monoisotopic (exact) mass is 535 g/mol. The van der Waals surface area contributed by atoms with Gasteiger partial charge in [0.05, 0.1) is 10.6 Å². The molecular weight excluding hydrogens is 517 g/mol. The summed E-state index contributed by atoms with van der Waals surface area (Å²) in [6, 6.07) is 26.5. The molecule has 0 radical (unpaired) electrons. The zero-order chi connectivity index (χ0) is 24.3. The molecule has 4 nitrogen and oxygen atoms in total. The van der Waals surface area contributed by atoms with Crippen molar-refractivity contribution in [3.05, 3.63) is 112 Å². The van der Waals surface area contributed by atoms with Crippen LogP contribution in [0.1, 0.15) is 11.1 Å². The number of para-hydroxylation sites is 1. The van der Waals surface area contributed by atoms with Gasteiger partial charge in [-0.3, -0.25) is 0 Å². The molecule has 4 aromatic rings. The number of anilines is 1. The van der Waals surface area contributed by atoms with Gasteiger partial charge >= 0.3 is 0 Å². The molecule has 0 bridgehead atoms. The van der Waals surface area contributed by atoms with Crippen LogP contribution in [0.5, 0.6) is 5.75 Å². The Morgan fingerprint density at radius 3 is 2.24 bits per heavy atom. The van der Waals surface area contributed by atoms with Crippen LogP contribution in [0.4, 0.5) is 10.1 Å². The molecule has 170 valence electrons. The van der Waals surface area contributed by atoms with E-state index in [4.69, 9.17) is 0 Å². The van der Waals surface area contributed by atoms with Crippen molar-refractivity contribution in [3.63, 3.8) is 0 Å². The Morgan fingerprint density at radius 2 is 1.56 bits per heavy atom. The standard InChI is InChI=1S/C27H19BrFNO3S/c1-19-6-11-23(12-7-19)30(34(32,33)24-13-8-21(28)9-14-24)17-16-20-18-22(29)10-15-25(20)26-4-2-3-5-27(26)31/h2-15,18,31H,1H3. The van der Waals surface area contributed by atoms with E-state index in [1.165, 1.54) is 36.4 Å². The second-order valence-electron chi connectivity index (χ2n) is 7.50. The van der Waals surface area contributed by atoms with E-state index in [1.54, 1.807) is 54.6 Å². The largest absolute Gasteiger partial charge is 0.507 e. The van der Waals surface area contributed by atoms with E-state index in [1.807, 2.05) is 6.92 Å². The third kappa shape index (κ3) is 4.98. The summed E-state index contributed by atoms with van der Waals surface area (Å²) >= 11 is 3.31. The van der Waals surface area contributed by atoms with Crippen LogP contribution in [0.3, 0.4) is 0 Å². The maximum atomic E-state index is 14.1. The minimum Gasteiger partial charge on any atom is -0.507 e. The van der Waals surface area contributed by atoms with E-state index < -0.39 is 15.8 Å². The van der Waals surface area contributed by atoms with Crippen molar-refractivity contribution in [1.29, 1.82) is 0 Å². The smallest absolute Gasteiger partial charge is 0.275 e. The van der Waals surface area contributed by atoms with Crippen LogP contribution in [0.15, 0.2) is 100 Å². The number of phenolic OH excluding ortho intramolecular Hbond substituents is 1. The summed E-state index contributed by atoms with van der Waals surface area (Å²) in [5.74, 6) is 2.30. The molecule has 7 heteroatoms. The van der Waals surface area contributed by atoms with Crippen molar-refractivity contribution >= 4 is 31.6 Å². The highest BCUT2D eigenvalue weighted by molar-refractivity contribution is 9.10. The topological polar surface area (TPSA) is 57.6 Å². The first-order valence-corrected chi connectivity index (χ1v) is 12.5. The van der Waals surface area contributed by atoms with Gasteiger partial charge in [0.1, 0.15) is 11.6 Å². The highest BCUT2D eigenvalue weighted by Gasteiger charge is 2.24. The summed E-state index contributed by atoms with van der Waals surface area (Å²) in [7, 11) is -4.05. The molecule has 0 amide bonds. The van der Waals surface area contributed by atoms with Gasteiger partial charge < -0.3 is 5.11 Å². The Kier molecular flexibility index (Phi) is 6.73. The maximum Gasteiger partial charge on any atom is 0.275 e. The highest BCUT2D eigenvalue weighted by atomic mass is 79.9. The Balaban J connectivity index is 1.88. The number of halogens is 2. The van der Waals surface area contributed by atoms with E-state index in [-0.39, 0.29) is 16.2 Å². The maximum absolute atomic E-state index is 14.1. The minimum atomic E-state index is -4.05. The molecule has 0 aliphatic carbocycles. The van der Waals surface area contributed by atoms with Gasteiger partial charge in [0, 0.05) is 27.2 Å². The van der Waals surface area contributed by atoms with Crippen LogP contribution < -0.4 is 4.31 Å². The van der Waals surface area contributed by atoms with E-state index in [0.717, 1.165) is 14.3 Å². The molecule has 34 heavy (non-hydrogen) atoms. The number of benzene rings is 4. The van der Waals surface area contributed by atoms with Gasteiger partial charge in [0.2, 0.25) is 0 Å². The van der Waals surface area contributed by atoms with Gasteiger partial charge in [-0.2, -0.15) is 4.31 Å². The van der Waals surface area contributed by atoms with Gasteiger partial charge in [-0.15, -0.1) is 0 Å². The Morgan fingerprint density at radius 1 is 0.882 bits per heavy atom. The lowest BCUT2D eigenvalue weighted by molar-refractivity contribution is 0.477. The van der Waals surface area contributed by atoms with Crippen LogP contribution in [0.25, 0.3) is 11.1 Å². The molecule has 0 unspecified atom stereocenters. The molecule has 0 aliphatic heterocycles. The quantitative estimate of drug-likeness (QED) is 0.240. The zero-order valence-electron chi connectivity index (χ0n) is 18.0. The van der Waals surface area contributed by atoms with Crippen LogP contribution in [-0.2, 0) is 10.0 Å². The first-order chi connectivity index (χ1) is 16.3. The van der Waals surface area contributed by atoms with Crippen LogP contribution >= 0.6 is 15.9 Å². The van der Waals surface area contributed by atoms with Crippen LogP contribution in [0, 0.1) is 24.7 Å². The van der Waals surface area contributed by atoms with Crippen molar-refractivity contribution in [2.24, 2.45) is 0 Å². The highest BCUT2D eigenvalue weighted by Crippen LogP contribution is 2.32. The molecular formula is C27H19BrFNO3S. The number of hydrogen-bond donors (Lipinski definition) is 1. The second-order valence-corrected chi connectivity index (χ2v) is 10.2. The molecule has 0 aliphatic rings. The van der Waals surface area contributed by atoms with Crippen molar-refractivity contribution in [3.8, 4) is 28.8 Å². The first kappa shape index (κ1) is 23.6. The minimum absolute atomic E-state index is 0.00929. The predicted molar refractivity (Wildman–Crippen MR) is 135 cm³/mol. The lowest BCUT2D eigenvalue weighted by Gasteiger charge is -2.18. The summed E-state index contributed by atoms with van der Waals surface area (Å²) < 4.78 is 42.9. The number of aryl methyl sites for hydroxylation is 1. The van der Waals surface area contributed by atoms with E-state index in [2.05, 4.69) is 27.9 Å². The number of hydrogen-bond acceptors (Lipinski definition) is 3. The van der Waals surface area contributed by atoms with Gasteiger partial charge in [-0.25, -0.2) is 12.8 Å².